The summed E-state index contributed by atoms with van der Waals surface area (Å²) in [6.45, 7) is 3.79. The van der Waals surface area contributed by atoms with E-state index >= 15 is 0 Å². The molecule has 3 N–H and O–H groups in total. The lowest BCUT2D eigenvalue weighted by Crippen LogP contribution is -2.15. The minimum Gasteiger partial charge on any atom is -0.474 e. The topological polar surface area (TPSA) is 103 Å². The lowest BCUT2D eigenvalue weighted by atomic mass is 10.4. The van der Waals surface area contributed by atoms with E-state index in [4.69, 9.17) is 20.4 Å². The Hall–Kier alpha value is -1.89. The lowest BCUT2D eigenvalue weighted by molar-refractivity contribution is 0.0963. The summed E-state index contributed by atoms with van der Waals surface area (Å²) in [7, 11) is 0. The van der Waals surface area contributed by atoms with E-state index < -0.39 is 0 Å². The van der Waals surface area contributed by atoms with Crippen molar-refractivity contribution in [3.63, 3.8) is 0 Å². The van der Waals surface area contributed by atoms with Crippen LogP contribution in [0.4, 0.5) is 0 Å². The Bertz CT molecular complexity index is 367. The second-order valence-electron chi connectivity index (χ2n) is 3.54. The Labute approximate surface area is 106 Å². The molecule has 0 spiro atoms. The van der Waals surface area contributed by atoms with Crippen molar-refractivity contribution in [2.45, 2.75) is 19.8 Å². The molecule has 0 aliphatic rings. The first-order chi connectivity index (χ1) is 8.77. The van der Waals surface area contributed by atoms with Gasteiger partial charge in [-0.25, -0.2) is 9.97 Å². The van der Waals surface area contributed by atoms with Crippen LogP contribution in [-0.2, 0) is 4.74 Å². The van der Waals surface area contributed by atoms with Crippen LogP contribution in [0.2, 0.25) is 0 Å². The fourth-order valence-corrected chi connectivity index (χ4v) is 1.13. The van der Waals surface area contributed by atoms with Gasteiger partial charge in [-0.2, -0.15) is 0 Å². The molecule has 0 bridgehead atoms. The summed E-state index contributed by atoms with van der Waals surface area (Å²) in [5.41, 5.74) is 5.64. The van der Waals surface area contributed by atoms with Crippen molar-refractivity contribution in [2.75, 3.05) is 19.8 Å². The SMILES string of the molecule is CCCCOCCOc1cnc(C(N)=NO)cn1. The number of nitrogens with two attached hydrogens (primary N) is 1. The molecule has 1 heterocycles. The van der Waals surface area contributed by atoms with Crippen molar-refractivity contribution in [3.8, 4) is 5.88 Å². The zero-order valence-electron chi connectivity index (χ0n) is 10.4. The maximum atomic E-state index is 8.45. The smallest absolute Gasteiger partial charge is 0.232 e. The summed E-state index contributed by atoms with van der Waals surface area (Å²) in [5, 5.41) is 11.3. The maximum Gasteiger partial charge on any atom is 0.232 e. The third kappa shape index (κ3) is 4.96. The van der Waals surface area contributed by atoms with Crippen molar-refractivity contribution in [1.29, 1.82) is 0 Å². The number of ether oxygens (including phenoxy) is 2. The van der Waals surface area contributed by atoms with E-state index in [9.17, 15) is 0 Å². The molecule has 0 amide bonds. The van der Waals surface area contributed by atoms with Crippen LogP contribution in [0.25, 0.3) is 0 Å². The van der Waals surface area contributed by atoms with Gasteiger partial charge in [0.2, 0.25) is 5.88 Å². The van der Waals surface area contributed by atoms with Crippen LogP contribution in [0, 0.1) is 0 Å². The summed E-state index contributed by atoms with van der Waals surface area (Å²) in [6, 6.07) is 0. The van der Waals surface area contributed by atoms with Crippen molar-refractivity contribution < 1.29 is 14.7 Å². The highest BCUT2D eigenvalue weighted by atomic mass is 16.5. The summed E-state index contributed by atoms with van der Waals surface area (Å²) in [4.78, 5) is 7.90. The lowest BCUT2D eigenvalue weighted by Gasteiger charge is -2.06. The van der Waals surface area contributed by atoms with E-state index in [2.05, 4.69) is 22.0 Å². The Morgan fingerprint density at radius 1 is 1.33 bits per heavy atom. The molecular weight excluding hydrogens is 236 g/mol. The first kappa shape index (κ1) is 14.2. The Morgan fingerprint density at radius 3 is 2.78 bits per heavy atom. The number of hydrogen-bond donors (Lipinski definition) is 2. The molecule has 0 atom stereocenters. The highest BCUT2D eigenvalue weighted by Gasteiger charge is 2.02. The highest BCUT2D eigenvalue weighted by molar-refractivity contribution is 5.94. The quantitative estimate of drug-likeness (QED) is 0.233. The predicted octanol–water partition coefficient (Wildman–Crippen LogP) is 0.767. The van der Waals surface area contributed by atoms with Gasteiger partial charge >= 0.3 is 0 Å². The number of amidine groups is 1. The molecular formula is C11H18N4O3. The van der Waals surface area contributed by atoms with Gasteiger partial charge in [0, 0.05) is 6.61 Å². The minimum absolute atomic E-state index is 0.0862. The molecule has 1 aromatic rings. The van der Waals surface area contributed by atoms with Gasteiger partial charge in [-0.3, -0.25) is 0 Å². The molecule has 7 nitrogen and oxygen atoms in total. The van der Waals surface area contributed by atoms with Gasteiger partial charge in [-0.15, -0.1) is 0 Å². The molecule has 0 fully saturated rings. The Morgan fingerprint density at radius 2 is 2.17 bits per heavy atom. The molecule has 1 aromatic heterocycles. The van der Waals surface area contributed by atoms with Gasteiger partial charge in [0.05, 0.1) is 19.0 Å². The third-order valence-corrected chi connectivity index (χ3v) is 2.12. The third-order valence-electron chi connectivity index (χ3n) is 2.12. The molecule has 0 radical (unpaired) electrons. The van der Waals surface area contributed by atoms with Crippen LogP contribution in [0.15, 0.2) is 17.5 Å². The second-order valence-corrected chi connectivity index (χ2v) is 3.54. The first-order valence-corrected chi connectivity index (χ1v) is 5.78. The molecule has 0 saturated carbocycles. The maximum absolute atomic E-state index is 8.45. The van der Waals surface area contributed by atoms with Gasteiger partial charge in [0.25, 0.3) is 0 Å². The van der Waals surface area contributed by atoms with Gasteiger partial charge < -0.3 is 20.4 Å². The fraction of sp³-hybridized carbons (Fsp3) is 0.545. The van der Waals surface area contributed by atoms with Crippen molar-refractivity contribution in [2.24, 2.45) is 10.9 Å². The van der Waals surface area contributed by atoms with Crippen LogP contribution in [-0.4, -0.2) is 40.8 Å². The molecule has 0 saturated heterocycles. The molecule has 0 aromatic carbocycles. The Balaban J connectivity index is 2.27. The highest BCUT2D eigenvalue weighted by Crippen LogP contribution is 2.03. The predicted molar refractivity (Wildman–Crippen MR) is 65.8 cm³/mol. The van der Waals surface area contributed by atoms with E-state index in [0.29, 0.717) is 24.8 Å². The fourth-order valence-electron chi connectivity index (χ4n) is 1.13. The zero-order chi connectivity index (χ0) is 13.2. The van der Waals surface area contributed by atoms with Crippen LogP contribution >= 0.6 is 0 Å². The van der Waals surface area contributed by atoms with Gasteiger partial charge in [0.15, 0.2) is 5.84 Å². The van der Waals surface area contributed by atoms with Crippen molar-refractivity contribution >= 4 is 5.84 Å². The molecule has 18 heavy (non-hydrogen) atoms. The van der Waals surface area contributed by atoms with Crippen LogP contribution in [0.3, 0.4) is 0 Å². The number of hydrogen-bond acceptors (Lipinski definition) is 6. The van der Waals surface area contributed by atoms with Gasteiger partial charge in [-0.05, 0) is 6.42 Å². The first-order valence-electron chi connectivity index (χ1n) is 5.78. The van der Waals surface area contributed by atoms with Gasteiger partial charge in [-0.1, -0.05) is 18.5 Å². The second kappa shape index (κ2) is 8.24. The number of aromatic nitrogens is 2. The normalized spacial score (nSPS) is 11.5. The molecule has 1 rings (SSSR count). The number of oxime groups is 1. The van der Waals surface area contributed by atoms with E-state index in [-0.39, 0.29) is 5.84 Å². The molecule has 7 heteroatoms. The van der Waals surface area contributed by atoms with E-state index in [1.807, 2.05) is 0 Å². The van der Waals surface area contributed by atoms with Crippen molar-refractivity contribution in [3.05, 3.63) is 18.1 Å². The van der Waals surface area contributed by atoms with Gasteiger partial charge in [0.1, 0.15) is 12.3 Å². The number of unbranched alkanes of at least 4 members (excludes halogenated alkanes) is 1. The van der Waals surface area contributed by atoms with E-state index in [1.165, 1.54) is 12.4 Å². The largest absolute Gasteiger partial charge is 0.474 e. The van der Waals surface area contributed by atoms with E-state index in [0.717, 1.165) is 19.4 Å². The molecule has 100 valence electrons. The molecule has 0 aliphatic carbocycles. The van der Waals surface area contributed by atoms with E-state index in [1.54, 1.807) is 0 Å². The van der Waals surface area contributed by atoms with Crippen molar-refractivity contribution in [1.82, 2.24) is 9.97 Å². The number of rotatable bonds is 8. The molecule has 0 unspecified atom stereocenters. The monoisotopic (exact) mass is 254 g/mol. The summed E-state index contributed by atoms with van der Waals surface area (Å²) in [5.74, 6) is 0.292. The average Bonchev–Trinajstić information content (AvgIpc) is 2.42. The van der Waals surface area contributed by atoms with Crippen LogP contribution in [0.5, 0.6) is 5.88 Å². The standard InChI is InChI=1S/C11H18N4O3/c1-2-3-4-17-5-6-18-10-8-13-9(7-14-10)11(12)15-16/h7-8,16H,2-6H2,1H3,(H2,12,15). The van der Waals surface area contributed by atoms with Crippen LogP contribution in [0.1, 0.15) is 25.5 Å². The molecule has 0 aliphatic heterocycles. The zero-order valence-corrected chi connectivity index (χ0v) is 10.4. The summed E-state index contributed by atoms with van der Waals surface area (Å²) >= 11 is 0. The summed E-state index contributed by atoms with van der Waals surface area (Å²) < 4.78 is 10.6. The average molecular weight is 254 g/mol. The summed E-state index contributed by atoms with van der Waals surface area (Å²) in [6.07, 6.45) is 4.96. The number of nitrogens with zero attached hydrogens (tertiary/aromatic N) is 3. The Kier molecular flexibility index (Phi) is 6.49. The van der Waals surface area contributed by atoms with Crippen LogP contribution < -0.4 is 10.5 Å². The minimum atomic E-state index is -0.0862.